The number of hydrogen-bond donors (Lipinski definition) is 1. The van der Waals surface area contributed by atoms with Crippen molar-refractivity contribution < 1.29 is 14.3 Å². The van der Waals surface area contributed by atoms with Crippen LogP contribution in [0.3, 0.4) is 0 Å². The number of carbonyl (C=O) groups is 2. The summed E-state index contributed by atoms with van der Waals surface area (Å²) in [5.41, 5.74) is 1.64. The summed E-state index contributed by atoms with van der Waals surface area (Å²) in [5, 5.41) is 3.00. The van der Waals surface area contributed by atoms with Crippen molar-refractivity contribution in [2.24, 2.45) is 5.92 Å². The van der Waals surface area contributed by atoms with E-state index in [9.17, 15) is 9.59 Å². The van der Waals surface area contributed by atoms with Gasteiger partial charge >= 0.3 is 0 Å². The molecule has 2 rings (SSSR count). The van der Waals surface area contributed by atoms with Crippen molar-refractivity contribution in [1.29, 1.82) is 0 Å². The number of benzene rings is 1. The summed E-state index contributed by atoms with van der Waals surface area (Å²) >= 11 is 0. The number of methoxy groups -OCH3 is 1. The second-order valence-corrected chi connectivity index (χ2v) is 6.86. The molecule has 2 atom stereocenters. The summed E-state index contributed by atoms with van der Waals surface area (Å²) in [6, 6.07) is 7.69. The zero-order valence-corrected chi connectivity index (χ0v) is 15.6. The Morgan fingerprint density at radius 1 is 1.32 bits per heavy atom. The molecule has 0 aromatic heterocycles. The van der Waals surface area contributed by atoms with Crippen molar-refractivity contribution in [1.82, 2.24) is 10.2 Å². The van der Waals surface area contributed by atoms with Gasteiger partial charge in [0.05, 0.1) is 12.5 Å². The third-order valence-electron chi connectivity index (χ3n) is 4.83. The minimum absolute atomic E-state index is 0.00323. The van der Waals surface area contributed by atoms with Crippen molar-refractivity contribution >= 4 is 11.8 Å². The fraction of sp³-hybridized carbons (Fsp3) is 0.600. The minimum Gasteiger partial charge on any atom is -0.380 e. The summed E-state index contributed by atoms with van der Waals surface area (Å²) in [7, 11) is 1.64. The van der Waals surface area contributed by atoms with Crippen LogP contribution in [-0.2, 0) is 16.1 Å². The Kier molecular flexibility index (Phi) is 7.44. The normalized spacial score (nSPS) is 20.4. The molecule has 1 fully saturated rings. The molecule has 0 bridgehead atoms. The highest BCUT2D eigenvalue weighted by Crippen LogP contribution is 2.24. The van der Waals surface area contributed by atoms with Crippen LogP contribution < -0.4 is 5.32 Å². The highest BCUT2D eigenvalue weighted by molar-refractivity contribution is 5.95. The van der Waals surface area contributed by atoms with Crippen molar-refractivity contribution in [2.75, 3.05) is 20.2 Å². The summed E-state index contributed by atoms with van der Waals surface area (Å²) in [6.07, 6.45) is 3.75. The summed E-state index contributed by atoms with van der Waals surface area (Å²) in [4.78, 5) is 27.2. The lowest BCUT2D eigenvalue weighted by molar-refractivity contribution is -0.126. The lowest BCUT2D eigenvalue weighted by atomic mass is 9.92. The van der Waals surface area contributed by atoms with Gasteiger partial charge in [-0.2, -0.15) is 0 Å². The molecule has 1 aliphatic rings. The van der Waals surface area contributed by atoms with Crippen LogP contribution in [0.1, 0.15) is 55.5 Å². The topological polar surface area (TPSA) is 58.6 Å². The van der Waals surface area contributed by atoms with Crippen molar-refractivity contribution in [3.05, 3.63) is 35.4 Å². The molecule has 0 aliphatic carbocycles. The van der Waals surface area contributed by atoms with Crippen LogP contribution in [0.4, 0.5) is 0 Å². The quantitative estimate of drug-likeness (QED) is 0.772. The second-order valence-electron chi connectivity index (χ2n) is 6.86. The number of rotatable bonds is 7. The molecule has 2 amide bonds. The SMILES string of the molecule is CCCCNC(=O)[C@@H]1CC[C@@H](C)N(C(=O)c2cccc(COC)c2)C1. The molecule has 1 heterocycles. The number of nitrogens with one attached hydrogen (secondary N) is 1. The number of hydrogen-bond acceptors (Lipinski definition) is 3. The predicted molar refractivity (Wildman–Crippen MR) is 98.3 cm³/mol. The van der Waals surface area contributed by atoms with Crippen molar-refractivity contribution in [3.8, 4) is 0 Å². The first-order valence-electron chi connectivity index (χ1n) is 9.23. The van der Waals surface area contributed by atoms with Crippen LogP contribution in [0.2, 0.25) is 0 Å². The van der Waals surface area contributed by atoms with Gasteiger partial charge in [-0.05, 0) is 43.9 Å². The Balaban J connectivity index is 2.04. The molecule has 0 saturated carbocycles. The molecular formula is C20H30N2O3. The Bertz CT molecular complexity index is 588. The van der Waals surface area contributed by atoms with Crippen LogP contribution in [0.15, 0.2) is 24.3 Å². The van der Waals surface area contributed by atoms with Crippen LogP contribution in [0.5, 0.6) is 0 Å². The molecule has 5 nitrogen and oxygen atoms in total. The van der Waals surface area contributed by atoms with E-state index in [1.807, 2.05) is 29.2 Å². The lowest BCUT2D eigenvalue weighted by Crippen LogP contribution is -2.49. The van der Waals surface area contributed by atoms with E-state index in [4.69, 9.17) is 4.74 Å². The Labute approximate surface area is 150 Å². The number of piperidine rings is 1. The number of amides is 2. The first kappa shape index (κ1) is 19.4. The van der Waals surface area contributed by atoms with E-state index in [1.165, 1.54) is 0 Å². The van der Waals surface area contributed by atoms with E-state index in [-0.39, 0.29) is 23.8 Å². The van der Waals surface area contributed by atoms with E-state index < -0.39 is 0 Å². The average molecular weight is 346 g/mol. The zero-order valence-electron chi connectivity index (χ0n) is 15.6. The average Bonchev–Trinajstić information content (AvgIpc) is 2.62. The van der Waals surface area contributed by atoms with Gasteiger partial charge in [-0.1, -0.05) is 25.5 Å². The lowest BCUT2D eigenvalue weighted by Gasteiger charge is -2.37. The summed E-state index contributed by atoms with van der Waals surface area (Å²) < 4.78 is 5.15. The first-order valence-corrected chi connectivity index (χ1v) is 9.23. The monoisotopic (exact) mass is 346 g/mol. The highest BCUT2D eigenvalue weighted by Gasteiger charge is 2.32. The van der Waals surface area contributed by atoms with Gasteiger partial charge in [-0.25, -0.2) is 0 Å². The first-order chi connectivity index (χ1) is 12.1. The highest BCUT2D eigenvalue weighted by atomic mass is 16.5. The van der Waals surface area contributed by atoms with Gasteiger partial charge in [0.2, 0.25) is 5.91 Å². The second kappa shape index (κ2) is 9.56. The molecule has 5 heteroatoms. The number of likely N-dealkylation sites (tertiary alicyclic amines) is 1. The molecule has 25 heavy (non-hydrogen) atoms. The van der Waals surface area contributed by atoms with Crippen molar-refractivity contribution in [3.63, 3.8) is 0 Å². The van der Waals surface area contributed by atoms with Crippen LogP contribution in [0.25, 0.3) is 0 Å². The fourth-order valence-electron chi connectivity index (χ4n) is 3.26. The molecule has 0 radical (unpaired) electrons. The molecule has 138 valence electrons. The number of nitrogens with zero attached hydrogens (tertiary/aromatic N) is 1. The standard InChI is InChI=1S/C20H30N2O3/c1-4-5-11-21-19(23)18-10-9-15(2)22(13-18)20(24)17-8-6-7-16(12-17)14-25-3/h6-8,12,15,18H,4-5,9-11,13-14H2,1-3H3,(H,21,23)/t15-,18-/m1/s1. The maximum Gasteiger partial charge on any atom is 0.254 e. The molecule has 1 aliphatic heterocycles. The van der Waals surface area contributed by atoms with E-state index in [1.54, 1.807) is 7.11 Å². The number of carbonyl (C=O) groups excluding carboxylic acids is 2. The van der Waals surface area contributed by atoms with E-state index >= 15 is 0 Å². The van der Waals surface area contributed by atoms with Crippen LogP contribution in [-0.4, -0.2) is 43.0 Å². The molecule has 0 unspecified atom stereocenters. The van der Waals surface area contributed by atoms with Gasteiger partial charge in [0, 0.05) is 31.8 Å². The van der Waals surface area contributed by atoms with E-state index in [0.29, 0.717) is 25.3 Å². The third kappa shape index (κ3) is 5.30. The summed E-state index contributed by atoms with van der Waals surface area (Å²) in [6.45, 7) is 5.86. The molecule has 1 aromatic rings. The van der Waals surface area contributed by atoms with Gasteiger partial charge in [0.25, 0.3) is 5.91 Å². The fourth-order valence-corrected chi connectivity index (χ4v) is 3.26. The molecule has 0 spiro atoms. The smallest absolute Gasteiger partial charge is 0.254 e. The Hall–Kier alpha value is -1.88. The molecule has 1 saturated heterocycles. The van der Waals surface area contributed by atoms with Gasteiger partial charge < -0.3 is 15.0 Å². The Morgan fingerprint density at radius 2 is 2.12 bits per heavy atom. The maximum atomic E-state index is 12.9. The van der Waals surface area contributed by atoms with E-state index in [0.717, 1.165) is 31.2 Å². The van der Waals surface area contributed by atoms with Gasteiger partial charge in [0.15, 0.2) is 0 Å². The molecular weight excluding hydrogens is 316 g/mol. The van der Waals surface area contributed by atoms with Gasteiger partial charge in [0.1, 0.15) is 0 Å². The van der Waals surface area contributed by atoms with Gasteiger partial charge in [-0.3, -0.25) is 9.59 Å². The van der Waals surface area contributed by atoms with Crippen LogP contribution in [0, 0.1) is 5.92 Å². The third-order valence-corrected chi connectivity index (χ3v) is 4.83. The number of unbranched alkanes of at least 4 members (excludes halogenated alkanes) is 1. The number of ether oxygens (including phenoxy) is 1. The van der Waals surface area contributed by atoms with E-state index in [2.05, 4.69) is 19.2 Å². The maximum absolute atomic E-state index is 12.9. The van der Waals surface area contributed by atoms with Crippen molar-refractivity contribution in [2.45, 2.75) is 52.2 Å². The molecule has 1 aromatic carbocycles. The van der Waals surface area contributed by atoms with Gasteiger partial charge in [-0.15, -0.1) is 0 Å². The Morgan fingerprint density at radius 3 is 2.84 bits per heavy atom. The van der Waals surface area contributed by atoms with Crippen LogP contribution >= 0.6 is 0 Å². The predicted octanol–water partition coefficient (Wildman–Crippen LogP) is 2.99. The summed E-state index contributed by atoms with van der Waals surface area (Å²) in [5.74, 6) is -0.0399. The molecule has 1 N–H and O–H groups in total. The zero-order chi connectivity index (χ0) is 18.2. The largest absolute Gasteiger partial charge is 0.380 e. The minimum atomic E-state index is -0.112.